The van der Waals surface area contributed by atoms with Crippen LogP contribution in [0.4, 0.5) is 5.69 Å². The molecule has 0 unspecified atom stereocenters. The summed E-state index contributed by atoms with van der Waals surface area (Å²) in [6, 6.07) is 14.9. The minimum atomic E-state index is -0.416. The summed E-state index contributed by atoms with van der Waals surface area (Å²) in [4.78, 5) is 12.4. The van der Waals surface area contributed by atoms with E-state index >= 15 is 0 Å². The van der Waals surface area contributed by atoms with Crippen LogP contribution < -0.4 is 10.6 Å². The number of carbonyl (C=O) groups is 1. The second-order valence-corrected chi connectivity index (χ2v) is 7.15. The molecule has 27 heavy (non-hydrogen) atoms. The van der Waals surface area contributed by atoms with E-state index in [0.717, 1.165) is 16.7 Å². The van der Waals surface area contributed by atoms with Gasteiger partial charge in [-0.3, -0.25) is 10.1 Å². The number of furan rings is 1. The normalized spacial score (nSPS) is 10.5. The second-order valence-electron chi connectivity index (χ2n) is 6.34. The van der Waals surface area contributed by atoms with Crippen LogP contribution in [0.25, 0.3) is 11.3 Å². The number of hydrogen-bond donors (Lipinski definition) is 2. The lowest BCUT2D eigenvalue weighted by atomic mass is 10.1. The van der Waals surface area contributed by atoms with Gasteiger partial charge in [-0.1, -0.05) is 29.8 Å². The highest BCUT2D eigenvalue weighted by Crippen LogP contribution is 2.24. The number of carbonyl (C=O) groups excluding carboxylic acids is 1. The Kier molecular flexibility index (Phi) is 5.63. The van der Waals surface area contributed by atoms with Gasteiger partial charge in [-0.2, -0.15) is 0 Å². The molecule has 0 aliphatic carbocycles. The fourth-order valence-corrected chi connectivity index (χ4v) is 2.90. The predicted molar refractivity (Wildman–Crippen MR) is 113 cm³/mol. The summed E-state index contributed by atoms with van der Waals surface area (Å²) in [5.41, 5.74) is 4.96. The van der Waals surface area contributed by atoms with E-state index in [-0.39, 0.29) is 10.9 Å². The number of aryl methyl sites for hydroxylation is 3. The summed E-state index contributed by atoms with van der Waals surface area (Å²) >= 11 is 11.3. The average Bonchev–Trinajstić information content (AvgIpc) is 3.11. The van der Waals surface area contributed by atoms with Gasteiger partial charge in [0.15, 0.2) is 10.9 Å². The van der Waals surface area contributed by atoms with E-state index in [9.17, 15) is 4.79 Å². The van der Waals surface area contributed by atoms with Crippen LogP contribution in [0.2, 0.25) is 5.02 Å². The Morgan fingerprint density at radius 1 is 0.963 bits per heavy atom. The molecule has 138 valence electrons. The molecule has 0 saturated heterocycles. The molecule has 0 aliphatic heterocycles. The van der Waals surface area contributed by atoms with Gasteiger partial charge in [0.2, 0.25) is 0 Å². The van der Waals surface area contributed by atoms with Crippen LogP contribution in [0, 0.1) is 20.8 Å². The molecule has 1 heterocycles. The monoisotopic (exact) mass is 398 g/mol. The van der Waals surface area contributed by atoms with Crippen LogP contribution in [-0.4, -0.2) is 11.0 Å². The van der Waals surface area contributed by atoms with Crippen LogP contribution in [0.5, 0.6) is 0 Å². The fourth-order valence-electron chi connectivity index (χ4n) is 2.51. The number of hydrogen-bond acceptors (Lipinski definition) is 3. The van der Waals surface area contributed by atoms with Gasteiger partial charge >= 0.3 is 0 Å². The van der Waals surface area contributed by atoms with Crippen molar-refractivity contribution in [3.63, 3.8) is 0 Å². The minimum absolute atomic E-state index is 0.170. The highest BCUT2D eigenvalue weighted by molar-refractivity contribution is 7.80. The molecule has 0 atom stereocenters. The SMILES string of the molecule is Cc1ccc(-c2ccc(C(=O)NC(=S)Nc3ccc(C)c(Cl)c3)o2)cc1C. The van der Waals surface area contributed by atoms with Crippen LogP contribution in [0.1, 0.15) is 27.2 Å². The topological polar surface area (TPSA) is 54.3 Å². The number of rotatable bonds is 3. The molecule has 0 bridgehead atoms. The molecule has 0 saturated carbocycles. The molecule has 3 rings (SSSR count). The molecule has 3 aromatic rings. The Labute approximate surface area is 168 Å². The van der Waals surface area contributed by atoms with E-state index in [1.165, 1.54) is 5.56 Å². The van der Waals surface area contributed by atoms with Crippen molar-refractivity contribution in [1.29, 1.82) is 0 Å². The van der Waals surface area contributed by atoms with E-state index in [1.54, 1.807) is 18.2 Å². The number of halogens is 1. The van der Waals surface area contributed by atoms with Gasteiger partial charge in [-0.25, -0.2) is 0 Å². The van der Waals surface area contributed by atoms with E-state index in [0.29, 0.717) is 16.5 Å². The third-order valence-electron chi connectivity index (χ3n) is 4.28. The highest BCUT2D eigenvalue weighted by atomic mass is 35.5. The fraction of sp³-hybridized carbons (Fsp3) is 0.143. The van der Waals surface area contributed by atoms with Crippen molar-refractivity contribution in [2.45, 2.75) is 20.8 Å². The number of thiocarbonyl (C=S) groups is 1. The Morgan fingerprint density at radius 2 is 1.70 bits per heavy atom. The highest BCUT2D eigenvalue weighted by Gasteiger charge is 2.14. The molecule has 2 N–H and O–H groups in total. The smallest absolute Gasteiger partial charge is 0.293 e. The number of benzene rings is 2. The first-order valence-corrected chi connectivity index (χ1v) is 9.18. The lowest BCUT2D eigenvalue weighted by molar-refractivity contribution is 0.0951. The summed E-state index contributed by atoms with van der Waals surface area (Å²) in [6.45, 7) is 6.00. The number of anilines is 1. The van der Waals surface area contributed by atoms with Crippen LogP contribution in [0.15, 0.2) is 52.9 Å². The Balaban J connectivity index is 1.67. The van der Waals surface area contributed by atoms with Crippen molar-refractivity contribution in [3.8, 4) is 11.3 Å². The summed E-state index contributed by atoms with van der Waals surface area (Å²) < 4.78 is 5.69. The zero-order valence-corrected chi connectivity index (χ0v) is 16.8. The molecule has 2 aromatic carbocycles. The third kappa shape index (κ3) is 4.56. The van der Waals surface area contributed by atoms with Crippen LogP contribution in [-0.2, 0) is 0 Å². The molecule has 0 aliphatic rings. The number of amides is 1. The van der Waals surface area contributed by atoms with Crippen molar-refractivity contribution in [2.24, 2.45) is 0 Å². The van der Waals surface area contributed by atoms with E-state index in [4.69, 9.17) is 28.2 Å². The summed E-state index contributed by atoms with van der Waals surface area (Å²) in [7, 11) is 0. The quantitative estimate of drug-likeness (QED) is 0.559. The third-order valence-corrected chi connectivity index (χ3v) is 4.89. The maximum Gasteiger partial charge on any atom is 0.293 e. The summed E-state index contributed by atoms with van der Waals surface area (Å²) in [5.74, 6) is 0.405. The first-order valence-electron chi connectivity index (χ1n) is 8.39. The first-order chi connectivity index (χ1) is 12.8. The lowest BCUT2D eigenvalue weighted by Crippen LogP contribution is -2.33. The molecule has 4 nitrogen and oxygen atoms in total. The Hall–Kier alpha value is -2.63. The Bertz CT molecular complexity index is 1030. The molecule has 1 aromatic heterocycles. The average molecular weight is 399 g/mol. The minimum Gasteiger partial charge on any atom is -0.451 e. The molecule has 6 heteroatoms. The van der Waals surface area contributed by atoms with Gasteiger partial charge < -0.3 is 9.73 Å². The molecule has 0 fully saturated rings. The lowest BCUT2D eigenvalue weighted by Gasteiger charge is -2.09. The second kappa shape index (κ2) is 7.94. The maximum absolute atomic E-state index is 12.4. The number of nitrogens with one attached hydrogen (secondary N) is 2. The van der Waals surface area contributed by atoms with Gasteiger partial charge in [0.25, 0.3) is 5.91 Å². The van der Waals surface area contributed by atoms with Crippen molar-refractivity contribution in [3.05, 3.63) is 76.0 Å². The van der Waals surface area contributed by atoms with E-state index < -0.39 is 5.91 Å². The molecule has 0 radical (unpaired) electrons. The molecular formula is C21H19ClN2O2S. The Morgan fingerprint density at radius 3 is 2.41 bits per heavy atom. The van der Waals surface area contributed by atoms with Crippen molar-refractivity contribution < 1.29 is 9.21 Å². The van der Waals surface area contributed by atoms with Crippen LogP contribution in [0.3, 0.4) is 0 Å². The van der Waals surface area contributed by atoms with Gasteiger partial charge in [-0.15, -0.1) is 0 Å². The van der Waals surface area contributed by atoms with Crippen molar-refractivity contribution >= 4 is 40.5 Å². The van der Waals surface area contributed by atoms with Gasteiger partial charge in [-0.05, 0) is 80.0 Å². The first kappa shape index (κ1) is 19.1. The van der Waals surface area contributed by atoms with Crippen LogP contribution >= 0.6 is 23.8 Å². The summed E-state index contributed by atoms with van der Waals surface area (Å²) in [6.07, 6.45) is 0. The molecule has 1 amide bonds. The zero-order chi connectivity index (χ0) is 19.6. The largest absolute Gasteiger partial charge is 0.451 e. The van der Waals surface area contributed by atoms with Crippen molar-refractivity contribution in [1.82, 2.24) is 5.32 Å². The van der Waals surface area contributed by atoms with Gasteiger partial charge in [0.1, 0.15) is 5.76 Å². The molecule has 0 spiro atoms. The van der Waals surface area contributed by atoms with E-state index in [2.05, 4.69) is 17.6 Å². The van der Waals surface area contributed by atoms with Gasteiger partial charge in [0, 0.05) is 16.3 Å². The maximum atomic E-state index is 12.4. The molecular weight excluding hydrogens is 380 g/mol. The van der Waals surface area contributed by atoms with Crippen molar-refractivity contribution in [2.75, 3.05) is 5.32 Å². The zero-order valence-electron chi connectivity index (χ0n) is 15.2. The standard InChI is InChI=1S/C21H19ClN2O2S/c1-12-4-6-15(10-14(12)3)18-8-9-19(26-18)20(25)24-21(27)23-16-7-5-13(2)17(22)11-16/h4-11H,1-3H3,(H2,23,24,25,27). The predicted octanol–water partition coefficient (Wildman–Crippen LogP) is 5.65. The van der Waals surface area contributed by atoms with E-state index in [1.807, 2.05) is 44.2 Å². The summed E-state index contributed by atoms with van der Waals surface area (Å²) in [5, 5.41) is 6.34. The van der Waals surface area contributed by atoms with Gasteiger partial charge in [0.05, 0.1) is 0 Å².